The number of rotatable bonds is 6. The molecule has 3 aromatic rings. The van der Waals surface area contributed by atoms with Crippen molar-refractivity contribution in [3.63, 3.8) is 0 Å². The molecule has 2 heterocycles. The van der Waals surface area contributed by atoms with Crippen LogP contribution in [0, 0.1) is 0 Å². The topological polar surface area (TPSA) is 79.0 Å². The van der Waals surface area contributed by atoms with Crippen molar-refractivity contribution in [3.05, 3.63) is 77.9 Å². The lowest BCUT2D eigenvalue weighted by atomic mass is 9.90. The standard InChI is InChI=1S/C28H29N3O4/c1-3-35-23-14-11-20(12-15-23)24-9-6-16-30(24)25(32)18-31-26(33)28(2,29-27(31)34)22-13-10-19-7-4-5-8-21(19)17-22/h4-5,7-8,10-15,17,24H,3,6,9,16,18H2,1-2H3,(H,29,34)/t24-,28-/m0/s1. The Hall–Kier alpha value is -3.87. The first-order chi connectivity index (χ1) is 16.9. The Labute approximate surface area is 204 Å². The zero-order chi connectivity index (χ0) is 24.6. The van der Waals surface area contributed by atoms with Gasteiger partial charge in [-0.05, 0) is 66.8 Å². The second kappa shape index (κ2) is 9.06. The molecule has 0 aromatic heterocycles. The Morgan fingerprint density at radius 3 is 2.54 bits per heavy atom. The van der Waals surface area contributed by atoms with Crippen LogP contribution in [0.15, 0.2) is 66.7 Å². The van der Waals surface area contributed by atoms with Crippen molar-refractivity contribution < 1.29 is 19.1 Å². The van der Waals surface area contributed by atoms with Crippen molar-refractivity contribution in [1.29, 1.82) is 0 Å². The van der Waals surface area contributed by atoms with Gasteiger partial charge in [-0.3, -0.25) is 14.5 Å². The lowest BCUT2D eigenvalue weighted by Crippen LogP contribution is -2.44. The predicted octanol–water partition coefficient (Wildman–Crippen LogP) is 4.37. The van der Waals surface area contributed by atoms with Crippen LogP contribution in [0.4, 0.5) is 4.79 Å². The van der Waals surface area contributed by atoms with Crippen molar-refractivity contribution in [2.75, 3.05) is 19.7 Å². The summed E-state index contributed by atoms with van der Waals surface area (Å²) in [4.78, 5) is 42.4. The van der Waals surface area contributed by atoms with Gasteiger partial charge in [0.1, 0.15) is 17.8 Å². The Morgan fingerprint density at radius 2 is 1.80 bits per heavy atom. The third kappa shape index (κ3) is 4.11. The highest BCUT2D eigenvalue weighted by Gasteiger charge is 2.50. The Kier molecular flexibility index (Phi) is 5.93. The smallest absolute Gasteiger partial charge is 0.325 e. The van der Waals surface area contributed by atoms with E-state index in [9.17, 15) is 14.4 Å². The Balaban J connectivity index is 1.33. The fourth-order valence-electron chi connectivity index (χ4n) is 5.13. The van der Waals surface area contributed by atoms with Gasteiger partial charge in [0, 0.05) is 6.54 Å². The second-order valence-corrected chi connectivity index (χ2v) is 9.26. The van der Waals surface area contributed by atoms with Gasteiger partial charge in [-0.15, -0.1) is 0 Å². The van der Waals surface area contributed by atoms with Crippen molar-refractivity contribution in [1.82, 2.24) is 15.1 Å². The molecule has 2 fully saturated rings. The van der Waals surface area contributed by atoms with Crippen LogP contribution < -0.4 is 10.1 Å². The first-order valence-corrected chi connectivity index (χ1v) is 12.1. The minimum absolute atomic E-state index is 0.0779. The number of amides is 4. The molecule has 4 amide bonds. The highest BCUT2D eigenvalue weighted by atomic mass is 16.5. The molecule has 2 aliphatic heterocycles. The summed E-state index contributed by atoms with van der Waals surface area (Å²) in [7, 11) is 0. The fraction of sp³-hybridized carbons (Fsp3) is 0.321. The molecule has 0 spiro atoms. The van der Waals surface area contributed by atoms with Crippen LogP contribution in [0.1, 0.15) is 43.9 Å². The van der Waals surface area contributed by atoms with E-state index in [1.54, 1.807) is 11.8 Å². The zero-order valence-electron chi connectivity index (χ0n) is 20.0. The van der Waals surface area contributed by atoms with Crippen molar-refractivity contribution in [2.45, 2.75) is 38.3 Å². The average molecular weight is 472 g/mol. The number of urea groups is 1. The van der Waals surface area contributed by atoms with E-state index in [1.807, 2.05) is 73.7 Å². The van der Waals surface area contributed by atoms with E-state index in [0.717, 1.165) is 39.8 Å². The number of carbonyl (C=O) groups excluding carboxylic acids is 3. The fourth-order valence-corrected chi connectivity index (χ4v) is 5.13. The molecule has 2 aliphatic rings. The van der Waals surface area contributed by atoms with Gasteiger partial charge in [-0.1, -0.05) is 48.5 Å². The maximum atomic E-state index is 13.4. The summed E-state index contributed by atoms with van der Waals surface area (Å²) in [5.41, 5.74) is 0.497. The molecule has 1 N–H and O–H groups in total. The zero-order valence-corrected chi connectivity index (χ0v) is 20.0. The van der Waals surface area contributed by atoms with Crippen LogP contribution in [0.5, 0.6) is 5.75 Å². The second-order valence-electron chi connectivity index (χ2n) is 9.26. The summed E-state index contributed by atoms with van der Waals surface area (Å²) in [6.45, 7) is 4.55. The number of nitrogens with one attached hydrogen (secondary N) is 1. The quantitative estimate of drug-likeness (QED) is 0.542. The van der Waals surface area contributed by atoms with Crippen LogP contribution >= 0.6 is 0 Å². The highest BCUT2D eigenvalue weighted by molar-refractivity contribution is 6.09. The van der Waals surface area contributed by atoms with Gasteiger partial charge < -0.3 is 15.0 Å². The third-order valence-electron chi connectivity index (χ3n) is 7.04. The van der Waals surface area contributed by atoms with Crippen molar-refractivity contribution in [2.24, 2.45) is 0 Å². The highest BCUT2D eigenvalue weighted by Crippen LogP contribution is 2.34. The number of hydrogen-bond acceptors (Lipinski definition) is 4. The number of likely N-dealkylation sites (tertiary alicyclic amines) is 1. The first-order valence-electron chi connectivity index (χ1n) is 12.1. The summed E-state index contributed by atoms with van der Waals surface area (Å²) in [6, 6.07) is 20.7. The monoisotopic (exact) mass is 471 g/mol. The molecule has 2 saturated heterocycles. The van der Waals surface area contributed by atoms with E-state index in [-0.39, 0.29) is 18.5 Å². The molecule has 2 atom stereocenters. The number of imide groups is 1. The Bertz CT molecular complexity index is 1290. The maximum Gasteiger partial charge on any atom is 0.325 e. The predicted molar refractivity (Wildman–Crippen MR) is 133 cm³/mol. The van der Waals surface area contributed by atoms with Crippen LogP contribution in [-0.4, -0.2) is 47.3 Å². The van der Waals surface area contributed by atoms with E-state index in [0.29, 0.717) is 18.7 Å². The summed E-state index contributed by atoms with van der Waals surface area (Å²) < 4.78 is 5.52. The molecule has 0 unspecified atom stereocenters. The van der Waals surface area contributed by atoms with Crippen LogP contribution in [0.2, 0.25) is 0 Å². The molecule has 35 heavy (non-hydrogen) atoms. The van der Waals surface area contributed by atoms with Crippen molar-refractivity contribution >= 4 is 28.6 Å². The molecule has 5 rings (SSSR count). The summed E-state index contributed by atoms with van der Waals surface area (Å²) >= 11 is 0. The van der Waals surface area contributed by atoms with E-state index >= 15 is 0 Å². The number of benzene rings is 3. The molecule has 3 aromatic carbocycles. The summed E-state index contributed by atoms with van der Waals surface area (Å²) in [6.07, 6.45) is 1.72. The minimum Gasteiger partial charge on any atom is -0.494 e. The molecule has 0 bridgehead atoms. The van der Waals surface area contributed by atoms with Crippen molar-refractivity contribution in [3.8, 4) is 5.75 Å². The molecule has 0 radical (unpaired) electrons. The number of fused-ring (bicyclic) bond motifs is 1. The summed E-state index contributed by atoms with van der Waals surface area (Å²) in [5, 5.41) is 4.86. The van der Waals surface area contributed by atoms with E-state index in [4.69, 9.17) is 4.74 Å². The molecule has 180 valence electrons. The van der Waals surface area contributed by atoms with E-state index < -0.39 is 17.5 Å². The summed E-state index contributed by atoms with van der Waals surface area (Å²) in [5.74, 6) is 0.148. The van der Waals surface area contributed by atoms with Gasteiger partial charge in [0.25, 0.3) is 5.91 Å². The van der Waals surface area contributed by atoms with E-state index in [2.05, 4.69) is 5.32 Å². The van der Waals surface area contributed by atoms with Crippen LogP contribution in [0.3, 0.4) is 0 Å². The lowest BCUT2D eigenvalue weighted by Gasteiger charge is -2.27. The normalized spacial score (nSPS) is 22.1. The molecular weight excluding hydrogens is 442 g/mol. The lowest BCUT2D eigenvalue weighted by molar-refractivity contribution is -0.139. The Morgan fingerprint density at radius 1 is 1.06 bits per heavy atom. The first kappa shape index (κ1) is 22.9. The molecule has 0 saturated carbocycles. The number of nitrogens with zero attached hydrogens (tertiary/aromatic N) is 2. The van der Waals surface area contributed by atoms with Gasteiger partial charge in [-0.25, -0.2) is 4.79 Å². The minimum atomic E-state index is -1.22. The SMILES string of the molecule is CCOc1ccc([C@@H]2CCCN2C(=O)CN2C(=O)N[C@@](C)(c3ccc4ccccc4c3)C2=O)cc1. The number of carbonyl (C=O) groups is 3. The van der Waals surface area contributed by atoms with E-state index in [1.165, 1.54) is 0 Å². The third-order valence-corrected chi connectivity index (χ3v) is 7.04. The van der Waals surface area contributed by atoms with Crippen LogP contribution in [-0.2, 0) is 15.1 Å². The molecule has 7 heteroatoms. The van der Waals surface area contributed by atoms with Gasteiger partial charge >= 0.3 is 6.03 Å². The molecule has 0 aliphatic carbocycles. The number of hydrogen-bond donors (Lipinski definition) is 1. The number of ether oxygens (including phenoxy) is 1. The molecule has 7 nitrogen and oxygen atoms in total. The average Bonchev–Trinajstić information content (AvgIpc) is 3.44. The van der Waals surface area contributed by atoms with Gasteiger partial charge in [0.05, 0.1) is 12.6 Å². The van der Waals surface area contributed by atoms with Crippen LogP contribution in [0.25, 0.3) is 10.8 Å². The van der Waals surface area contributed by atoms with Gasteiger partial charge in [0.2, 0.25) is 5.91 Å². The molecular formula is C28H29N3O4. The van der Waals surface area contributed by atoms with Gasteiger partial charge in [0.15, 0.2) is 0 Å². The van der Waals surface area contributed by atoms with Gasteiger partial charge in [-0.2, -0.15) is 0 Å². The maximum absolute atomic E-state index is 13.4. The largest absolute Gasteiger partial charge is 0.494 e.